The van der Waals surface area contributed by atoms with E-state index >= 15 is 0 Å². The number of ether oxygens (including phenoxy) is 2. The second kappa shape index (κ2) is 4.80. The van der Waals surface area contributed by atoms with Gasteiger partial charge in [-0.25, -0.2) is 0 Å². The molecular formula is C11H13BrO2. The zero-order valence-corrected chi connectivity index (χ0v) is 9.50. The number of rotatable bonds is 5. The number of hydrogen-bond donors (Lipinski definition) is 0. The van der Waals surface area contributed by atoms with Crippen LogP contribution in [-0.4, -0.2) is 13.4 Å². The van der Waals surface area contributed by atoms with Crippen molar-refractivity contribution in [1.29, 1.82) is 0 Å². The maximum Gasteiger partial charge on any atom is 0.189 e. The zero-order valence-electron chi connectivity index (χ0n) is 7.91. The van der Waals surface area contributed by atoms with Crippen molar-refractivity contribution in [3.05, 3.63) is 28.7 Å². The van der Waals surface area contributed by atoms with Gasteiger partial charge >= 0.3 is 0 Å². The molecule has 1 aliphatic carbocycles. The van der Waals surface area contributed by atoms with Crippen LogP contribution in [0.1, 0.15) is 12.8 Å². The lowest BCUT2D eigenvalue weighted by Crippen LogP contribution is -2.04. The van der Waals surface area contributed by atoms with Crippen molar-refractivity contribution in [3.63, 3.8) is 0 Å². The van der Waals surface area contributed by atoms with Crippen LogP contribution in [0.15, 0.2) is 28.7 Å². The third kappa shape index (κ3) is 3.31. The topological polar surface area (TPSA) is 18.5 Å². The summed E-state index contributed by atoms with van der Waals surface area (Å²) in [6.45, 7) is 1.20. The van der Waals surface area contributed by atoms with Gasteiger partial charge in [0.15, 0.2) is 6.79 Å². The summed E-state index contributed by atoms with van der Waals surface area (Å²) in [5, 5.41) is 0. The molecule has 0 unspecified atom stereocenters. The standard InChI is InChI=1S/C11H13BrO2/c12-10-2-1-3-11(6-10)14-8-13-7-9-4-5-9/h1-3,6,9H,4-5,7-8H2. The second-order valence-electron chi connectivity index (χ2n) is 3.53. The van der Waals surface area contributed by atoms with E-state index in [9.17, 15) is 0 Å². The van der Waals surface area contributed by atoms with Crippen LogP contribution in [0.3, 0.4) is 0 Å². The fraction of sp³-hybridized carbons (Fsp3) is 0.455. The lowest BCUT2D eigenvalue weighted by molar-refractivity contribution is 0.00995. The fourth-order valence-electron chi connectivity index (χ4n) is 1.17. The van der Waals surface area contributed by atoms with E-state index in [1.165, 1.54) is 12.8 Å². The van der Waals surface area contributed by atoms with Crippen LogP contribution in [0.2, 0.25) is 0 Å². The number of benzene rings is 1. The molecule has 1 fully saturated rings. The first-order valence-electron chi connectivity index (χ1n) is 4.81. The summed E-state index contributed by atoms with van der Waals surface area (Å²) < 4.78 is 11.8. The molecule has 2 nitrogen and oxygen atoms in total. The average molecular weight is 257 g/mol. The number of hydrogen-bond acceptors (Lipinski definition) is 2. The molecule has 0 aromatic heterocycles. The molecular weight excluding hydrogens is 244 g/mol. The summed E-state index contributed by atoms with van der Waals surface area (Å²) in [6.07, 6.45) is 2.63. The Morgan fingerprint density at radius 3 is 2.93 bits per heavy atom. The summed E-state index contributed by atoms with van der Waals surface area (Å²) in [4.78, 5) is 0. The highest BCUT2D eigenvalue weighted by Crippen LogP contribution is 2.28. The van der Waals surface area contributed by atoms with Crippen molar-refractivity contribution >= 4 is 15.9 Å². The molecule has 76 valence electrons. The summed E-state index contributed by atoms with van der Waals surface area (Å²) >= 11 is 3.38. The van der Waals surface area contributed by atoms with Gasteiger partial charge in [0, 0.05) is 4.47 Å². The van der Waals surface area contributed by atoms with Crippen LogP contribution in [0.25, 0.3) is 0 Å². The van der Waals surface area contributed by atoms with Crippen LogP contribution < -0.4 is 4.74 Å². The fourth-order valence-corrected chi connectivity index (χ4v) is 1.54. The Morgan fingerprint density at radius 2 is 2.21 bits per heavy atom. The van der Waals surface area contributed by atoms with Gasteiger partial charge in [-0.2, -0.15) is 0 Å². The first kappa shape index (κ1) is 9.99. The molecule has 0 bridgehead atoms. The molecule has 14 heavy (non-hydrogen) atoms. The monoisotopic (exact) mass is 256 g/mol. The third-order valence-electron chi connectivity index (χ3n) is 2.16. The maximum atomic E-state index is 5.41. The molecule has 0 atom stereocenters. The molecule has 0 N–H and O–H groups in total. The van der Waals surface area contributed by atoms with Gasteiger partial charge < -0.3 is 9.47 Å². The van der Waals surface area contributed by atoms with Crippen LogP contribution in [0.4, 0.5) is 0 Å². The van der Waals surface area contributed by atoms with Gasteiger partial charge in [-0.05, 0) is 37.0 Å². The normalized spacial score (nSPS) is 15.5. The predicted octanol–water partition coefficient (Wildman–Crippen LogP) is 3.21. The molecule has 2 rings (SSSR count). The van der Waals surface area contributed by atoms with Gasteiger partial charge in [0.1, 0.15) is 5.75 Å². The minimum Gasteiger partial charge on any atom is -0.468 e. The highest BCUT2D eigenvalue weighted by atomic mass is 79.9. The zero-order chi connectivity index (χ0) is 9.80. The van der Waals surface area contributed by atoms with Gasteiger partial charge in [-0.3, -0.25) is 0 Å². The van der Waals surface area contributed by atoms with E-state index < -0.39 is 0 Å². The van der Waals surface area contributed by atoms with Gasteiger partial charge in [0.25, 0.3) is 0 Å². The van der Waals surface area contributed by atoms with Crippen molar-refractivity contribution in [2.45, 2.75) is 12.8 Å². The van der Waals surface area contributed by atoms with Gasteiger partial charge in [-0.15, -0.1) is 0 Å². The molecule has 0 aliphatic heterocycles. The van der Waals surface area contributed by atoms with Crippen molar-refractivity contribution < 1.29 is 9.47 Å². The molecule has 1 aromatic rings. The van der Waals surface area contributed by atoms with E-state index in [-0.39, 0.29) is 0 Å². The molecule has 1 saturated carbocycles. The van der Waals surface area contributed by atoms with E-state index in [0.717, 1.165) is 22.7 Å². The van der Waals surface area contributed by atoms with E-state index in [4.69, 9.17) is 9.47 Å². The maximum absolute atomic E-state index is 5.41. The van der Waals surface area contributed by atoms with E-state index in [2.05, 4.69) is 15.9 Å². The minimum atomic E-state index is 0.354. The van der Waals surface area contributed by atoms with E-state index in [1.54, 1.807) is 0 Å². The smallest absolute Gasteiger partial charge is 0.189 e. The number of halogens is 1. The Kier molecular flexibility index (Phi) is 3.43. The average Bonchev–Trinajstić information content (AvgIpc) is 2.96. The van der Waals surface area contributed by atoms with Crippen LogP contribution in [-0.2, 0) is 4.74 Å². The van der Waals surface area contributed by atoms with Crippen molar-refractivity contribution in [2.24, 2.45) is 5.92 Å². The van der Waals surface area contributed by atoms with Crippen molar-refractivity contribution in [1.82, 2.24) is 0 Å². The van der Waals surface area contributed by atoms with Gasteiger partial charge in [0.2, 0.25) is 0 Å². The molecule has 0 radical (unpaired) electrons. The van der Waals surface area contributed by atoms with Gasteiger partial charge in [-0.1, -0.05) is 22.0 Å². The van der Waals surface area contributed by atoms with Crippen LogP contribution in [0, 0.1) is 5.92 Å². The predicted molar refractivity (Wildman–Crippen MR) is 58.3 cm³/mol. The summed E-state index contributed by atoms with van der Waals surface area (Å²) in [5.74, 6) is 1.64. The van der Waals surface area contributed by atoms with Crippen molar-refractivity contribution in [2.75, 3.05) is 13.4 Å². The first-order valence-corrected chi connectivity index (χ1v) is 5.60. The Hall–Kier alpha value is -0.540. The minimum absolute atomic E-state index is 0.354. The lowest BCUT2D eigenvalue weighted by Gasteiger charge is -2.06. The third-order valence-corrected chi connectivity index (χ3v) is 2.65. The summed E-state index contributed by atoms with van der Waals surface area (Å²) in [5.41, 5.74) is 0. The molecule has 1 aromatic carbocycles. The largest absolute Gasteiger partial charge is 0.468 e. The summed E-state index contributed by atoms with van der Waals surface area (Å²) in [7, 11) is 0. The second-order valence-corrected chi connectivity index (χ2v) is 4.45. The molecule has 1 aliphatic rings. The Bertz CT molecular complexity index is 297. The lowest BCUT2D eigenvalue weighted by atomic mass is 10.3. The van der Waals surface area contributed by atoms with Crippen LogP contribution >= 0.6 is 15.9 Å². The van der Waals surface area contributed by atoms with E-state index in [0.29, 0.717) is 6.79 Å². The highest BCUT2D eigenvalue weighted by Gasteiger charge is 2.20. The van der Waals surface area contributed by atoms with E-state index in [1.807, 2.05) is 24.3 Å². The molecule has 3 heteroatoms. The SMILES string of the molecule is Brc1cccc(OCOCC2CC2)c1. The highest BCUT2D eigenvalue weighted by molar-refractivity contribution is 9.10. The Balaban J connectivity index is 1.68. The summed E-state index contributed by atoms with van der Waals surface area (Å²) in [6, 6.07) is 7.77. The molecule has 0 amide bonds. The molecule has 0 spiro atoms. The van der Waals surface area contributed by atoms with Gasteiger partial charge in [0.05, 0.1) is 6.61 Å². The molecule has 0 heterocycles. The molecule has 0 saturated heterocycles. The quantitative estimate of drug-likeness (QED) is 0.595. The first-order chi connectivity index (χ1) is 6.84. The Labute approximate surface area is 92.3 Å². The van der Waals surface area contributed by atoms with Crippen molar-refractivity contribution in [3.8, 4) is 5.75 Å². The van der Waals surface area contributed by atoms with Crippen LogP contribution in [0.5, 0.6) is 5.75 Å². The Morgan fingerprint density at radius 1 is 1.36 bits per heavy atom.